The average molecular weight is 268 g/mol. The third-order valence-electron chi connectivity index (χ3n) is 2.96. The molecule has 0 radical (unpaired) electrons. The molecule has 0 saturated heterocycles. The minimum absolute atomic E-state index is 0.0230. The number of alkyl halides is 3. The van der Waals surface area contributed by atoms with Gasteiger partial charge in [-0.1, -0.05) is 37.3 Å². The molecule has 0 heterocycles. The van der Waals surface area contributed by atoms with Gasteiger partial charge < -0.3 is 0 Å². The van der Waals surface area contributed by atoms with Gasteiger partial charge in [0.05, 0.1) is 5.56 Å². The molecule has 0 aliphatic heterocycles. The van der Waals surface area contributed by atoms with Crippen molar-refractivity contribution >= 4 is 0 Å². The first kappa shape index (κ1) is 13.6. The van der Waals surface area contributed by atoms with Gasteiger partial charge in [-0.15, -0.1) is 0 Å². The number of aryl methyl sites for hydroxylation is 1. The highest BCUT2D eigenvalue weighted by atomic mass is 19.4. The van der Waals surface area contributed by atoms with Crippen LogP contribution < -0.4 is 0 Å². The predicted molar refractivity (Wildman–Crippen MR) is 66.2 cm³/mol. The van der Waals surface area contributed by atoms with E-state index in [4.69, 9.17) is 0 Å². The van der Waals surface area contributed by atoms with Gasteiger partial charge in [-0.25, -0.2) is 4.39 Å². The van der Waals surface area contributed by atoms with Gasteiger partial charge in [0.2, 0.25) is 0 Å². The molecule has 0 spiro atoms. The van der Waals surface area contributed by atoms with Crippen molar-refractivity contribution in [1.82, 2.24) is 0 Å². The van der Waals surface area contributed by atoms with Crippen LogP contribution in [0.25, 0.3) is 11.1 Å². The maximum Gasteiger partial charge on any atom is 0.417 e. The van der Waals surface area contributed by atoms with Gasteiger partial charge in [0, 0.05) is 5.56 Å². The Morgan fingerprint density at radius 2 is 1.63 bits per heavy atom. The highest BCUT2D eigenvalue weighted by molar-refractivity contribution is 5.69. The van der Waals surface area contributed by atoms with Crippen LogP contribution in [-0.4, -0.2) is 0 Å². The summed E-state index contributed by atoms with van der Waals surface area (Å²) in [5.41, 5.74) is -0.198. The zero-order chi connectivity index (χ0) is 14.0. The lowest BCUT2D eigenvalue weighted by atomic mass is 9.96. The van der Waals surface area contributed by atoms with Crippen molar-refractivity contribution in [2.45, 2.75) is 19.5 Å². The van der Waals surface area contributed by atoms with E-state index in [1.165, 1.54) is 30.3 Å². The summed E-state index contributed by atoms with van der Waals surface area (Å²) in [6.45, 7) is 1.84. The Labute approximate surface area is 108 Å². The first-order chi connectivity index (χ1) is 8.93. The second-order valence-electron chi connectivity index (χ2n) is 4.21. The third kappa shape index (κ3) is 2.78. The molecule has 0 saturated carbocycles. The van der Waals surface area contributed by atoms with Crippen molar-refractivity contribution in [3.63, 3.8) is 0 Å². The summed E-state index contributed by atoms with van der Waals surface area (Å²) in [6.07, 6.45) is -3.90. The number of halogens is 4. The maximum absolute atomic E-state index is 13.7. The van der Waals surface area contributed by atoms with Crippen LogP contribution in [0.3, 0.4) is 0 Å². The highest BCUT2D eigenvalue weighted by Gasteiger charge is 2.34. The molecule has 2 aromatic carbocycles. The molecule has 0 unspecified atom stereocenters. The van der Waals surface area contributed by atoms with E-state index in [-0.39, 0.29) is 11.1 Å². The van der Waals surface area contributed by atoms with E-state index >= 15 is 0 Å². The van der Waals surface area contributed by atoms with Crippen LogP contribution in [0, 0.1) is 5.82 Å². The molecule has 0 aliphatic rings. The second-order valence-corrected chi connectivity index (χ2v) is 4.21. The summed E-state index contributed by atoms with van der Waals surface area (Å²) >= 11 is 0. The fourth-order valence-corrected chi connectivity index (χ4v) is 1.96. The molecule has 19 heavy (non-hydrogen) atoms. The Morgan fingerprint density at radius 3 is 2.21 bits per heavy atom. The van der Waals surface area contributed by atoms with E-state index in [0.717, 1.165) is 17.7 Å². The zero-order valence-electron chi connectivity index (χ0n) is 10.3. The summed E-state index contributed by atoms with van der Waals surface area (Å²) in [7, 11) is 0. The molecule has 0 fully saturated rings. The minimum Gasteiger partial charge on any atom is -0.206 e. The van der Waals surface area contributed by atoms with Crippen molar-refractivity contribution in [1.29, 1.82) is 0 Å². The monoisotopic (exact) mass is 268 g/mol. The molecular formula is C15H12F4. The van der Waals surface area contributed by atoms with Gasteiger partial charge in [-0.3, -0.25) is 0 Å². The predicted octanol–water partition coefficient (Wildman–Crippen LogP) is 5.07. The van der Waals surface area contributed by atoms with Crippen molar-refractivity contribution in [3.8, 4) is 11.1 Å². The average Bonchev–Trinajstić information content (AvgIpc) is 2.37. The smallest absolute Gasteiger partial charge is 0.206 e. The van der Waals surface area contributed by atoms with Crippen LogP contribution in [-0.2, 0) is 12.6 Å². The van der Waals surface area contributed by atoms with Crippen LogP contribution in [0.1, 0.15) is 18.1 Å². The first-order valence-electron chi connectivity index (χ1n) is 5.88. The van der Waals surface area contributed by atoms with Crippen LogP contribution in [0.15, 0.2) is 42.5 Å². The molecule has 0 amide bonds. The third-order valence-corrected chi connectivity index (χ3v) is 2.96. The number of hydrogen-bond donors (Lipinski definition) is 0. The van der Waals surface area contributed by atoms with E-state index in [1.54, 1.807) is 0 Å². The van der Waals surface area contributed by atoms with Gasteiger partial charge in [0.1, 0.15) is 5.82 Å². The topological polar surface area (TPSA) is 0 Å². The number of rotatable bonds is 2. The van der Waals surface area contributed by atoms with Crippen LogP contribution >= 0.6 is 0 Å². The first-order valence-corrected chi connectivity index (χ1v) is 5.88. The fourth-order valence-electron chi connectivity index (χ4n) is 1.96. The van der Waals surface area contributed by atoms with Crippen molar-refractivity contribution < 1.29 is 17.6 Å². The Balaban J connectivity index is 2.69. The number of benzene rings is 2. The number of hydrogen-bond acceptors (Lipinski definition) is 0. The summed E-state index contributed by atoms with van der Waals surface area (Å²) < 4.78 is 52.6. The summed E-state index contributed by atoms with van der Waals surface area (Å²) in [6, 6.07) is 9.34. The minimum atomic E-state index is -4.50. The molecular weight excluding hydrogens is 256 g/mol. The summed E-state index contributed by atoms with van der Waals surface area (Å²) in [5.74, 6) is -0.652. The summed E-state index contributed by atoms with van der Waals surface area (Å²) in [5, 5.41) is 0. The Bertz CT molecular complexity index is 585. The largest absolute Gasteiger partial charge is 0.417 e. The SMILES string of the molecule is CCc1ccc(C(F)(F)F)c(-c2ccccc2F)c1. The van der Waals surface area contributed by atoms with Crippen LogP contribution in [0.5, 0.6) is 0 Å². The van der Waals surface area contributed by atoms with Gasteiger partial charge in [0.15, 0.2) is 0 Å². The molecule has 0 atom stereocenters. The molecule has 0 aliphatic carbocycles. The second kappa shape index (κ2) is 5.03. The van der Waals surface area contributed by atoms with Crippen molar-refractivity contribution in [3.05, 3.63) is 59.4 Å². The Hall–Kier alpha value is -1.84. The van der Waals surface area contributed by atoms with Gasteiger partial charge in [-0.2, -0.15) is 13.2 Å². The Morgan fingerprint density at radius 1 is 0.947 bits per heavy atom. The quantitative estimate of drug-likeness (QED) is 0.667. The molecule has 2 aromatic rings. The van der Waals surface area contributed by atoms with Crippen LogP contribution in [0.2, 0.25) is 0 Å². The van der Waals surface area contributed by atoms with Crippen molar-refractivity contribution in [2.75, 3.05) is 0 Å². The van der Waals surface area contributed by atoms with E-state index in [1.807, 2.05) is 6.92 Å². The van der Waals surface area contributed by atoms with Crippen LogP contribution in [0.4, 0.5) is 17.6 Å². The molecule has 2 rings (SSSR count). The van der Waals surface area contributed by atoms with E-state index in [2.05, 4.69) is 0 Å². The lowest BCUT2D eigenvalue weighted by molar-refractivity contribution is -0.137. The lowest BCUT2D eigenvalue weighted by Gasteiger charge is -2.14. The normalized spacial score (nSPS) is 11.6. The van der Waals surface area contributed by atoms with E-state index < -0.39 is 17.6 Å². The lowest BCUT2D eigenvalue weighted by Crippen LogP contribution is -2.08. The molecule has 100 valence electrons. The molecule has 0 nitrogen and oxygen atoms in total. The van der Waals surface area contributed by atoms with E-state index in [0.29, 0.717) is 6.42 Å². The van der Waals surface area contributed by atoms with Gasteiger partial charge in [0.25, 0.3) is 0 Å². The maximum atomic E-state index is 13.7. The van der Waals surface area contributed by atoms with Gasteiger partial charge >= 0.3 is 6.18 Å². The zero-order valence-corrected chi connectivity index (χ0v) is 10.3. The van der Waals surface area contributed by atoms with E-state index in [9.17, 15) is 17.6 Å². The molecule has 0 bridgehead atoms. The summed E-state index contributed by atoms with van der Waals surface area (Å²) in [4.78, 5) is 0. The molecule has 4 heteroatoms. The fraction of sp³-hybridized carbons (Fsp3) is 0.200. The standard InChI is InChI=1S/C15H12F4/c1-2-10-7-8-13(15(17,18)19)12(9-10)11-5-3-4-6-14(11)16/h3-9H,2H2,1H3. The van der Waals surface area contributed by atoms with Crippen molar-refractivity contribution in [2.24, 2.45) is 0 Å². The van der Waals surface area contributed by atoms with Gasteiger partial charge in [-0.05, 0) is 29.7 Å². The Kier molecular flexibility index (Phi) is 3.60. The highest BCUT2D eigenvalue weighted by Crippen LogP contribution is 2.38. The molecule has 0 N–H and O–H groups in total. The molecule has 0 aromatic heterocycles.